The van der Waals surface area contributed by atoms with Crippen LogP contribution in [0, 0.1) is 5.92 Å². The third-order valence-corrected chi connectivity index (χ3v) is 2.56. The summed E-state index contributed by atoms with van der Waals surface area (Å²) < 4.78 is 41.0. The van der Waals surface area contributed by atoms with Gasteiger partial charge in [-0.25, -0.2) is 0 Å². The molecule has 0 heterocycles. The number of rotatable bonds is 4. The van der Waals surface area contributed by atoms with Crippen LogP contribution in [0.1, 0.15) is 30.6 Å². The van der Waals surface area contributed by atoms with Crippen LogP contribution in [0.4, 0.5) is 13.2 Å². The van der Waals surface area contributed by atoms with E-state index in [0.29, 0.717) is 4.47 Å². The molecular weight excluding hydrogens is 313 g/mol. The van der Waals surface area contributed by atoms with Crippen molar-refractivity contribution in [2.45, 2.75) is 26.6 Å². The Balaban J connectivity index is 3.07. The molecule has 2 nitrogen and oxygen atoms in total. The molecule has 0 aliphatic heterocycles. The number of Topliss-reactive ketones (excluding diaryl/α,β-unsaturated/α-hetero) is 1. The number of benzene rings is 1. The van der Waals surface area contributed by atoms with Crippen LogP contribution in [0.3, 0.4) is 0 Å². The van der Waals surface area contributed by atoms with Crippen molar-refractivity contribution in [1.82, 2.24) is 0 Å². The average molecular weight is 325 g/mol. The molecule has 0 aliphatic rings. The van der Waals surface area contributed by atoms with Gasteiger partial charge >= 0.3 is 6.36 Å². The molecule has 0 aromatic heterocycles. The minimum absolute atomic E-state index is 0.0516. The van der Waals surface area contributed by atoms with Crippen LogP contribution >= 0.6 is 15.9 Å². The SMILES string of the molecule is CC(C)CC(=O)c1ccc(Br)cc1OC(F)(F)F. The third kappa shape index (κ3) is 4.68. The fourth-order valence-electron chi connectivity index (χ4n) is 1.42. The van der Waals surface area contributed by atoms with Gasteiger partial charge in [-0.3, -0.25) is 4.79 Å². The zero-order valence-electron chi connectivity index (χ0n) is 9.84. The van der Waals surface area contributed by atoms with E-state index in [9.17, 15) is 18.0 Å². The molecule has 18 heavy (non-hydrogen) atoms. The number of carbonyl (C=O) groups is 1. The lowest BCUT2D eigenvalue weighted by molar-refractivity contribution is -0.274. The zero-order valence-corrected chi connectivity index (χ0v) is 11.4. The fraction of sp³-hybridized carbons (Fsp3) is 0.417. The largest absolute Gasteiger partial charge is 0.573 e. The normalized spacial score (nSPS) is 11.7. The van der Waals surface area contributed by atoms with Gasteiger partial charge in [-0.15, -0.1) is 13.2 Å². The molecule has 0 atom stereocenters. The monoisotopic (exact) mass is 324 g/mol. The summed E-state index contributed by atoms with van der Waals surface area (Å²) in [5.74, 6) is -0.765. The Bertz CT molecular complexity index is 441. The maximum Gasteiger partial charge on any atom is 0.573 e. The predicted octanol–water partition coefficient (Wildman–Crippen LogP) is 4.58. The van der Waals surface area contributed by atoms with Crippen molar-refractivity contribution >= 4 is 21.7 Å². The Kier molecular flexibility index (Phi) is 4.78. The Morgan fingerprint density at radius 2 is 2.00 bits per heavy atom. The van der Waals surface area contributed by atoms with Crippen molar-refractivity contribution in [2.75, 3.05) is 0 Å². The molecule has 0 bridgehead atoms. The van der Waals surface area contributed by atoms with Crippen LogP contribution in [0.25, 0.3) is 0 Å². The molecule has 0 unspecified atom stereocenters. The summed E-state index contributed by atoms with van der Waals surface area (Å²) in [4.78, 5) is 11.8. The van der Waals surface area contributed by atoms with Crippen molar-refractivity contribution < 1.29 is 22.7 Å². The fourth-order valence-corrected chi connectivity index (χ4v) is 1.76. The lowest BCUT2D eigenvalue weighted by atomic mass is 10.0. The molecule has 0 fully saturated rings. The smallest absolute Gasteiger partial charge is 0.405 e. The van der Waals surface area contributed by atoms with Gasteiger partial charge in [-0.05, 0) is 24.1 Å². The summed E-state index contributed by atoms with van der Waals surface area (Å²) in [5.41, 5.74) is -0.0516. The van der Waals surface area contributed by atoms with Crippen LogP contribution in [-0.2, 0) is 0 Å². The van der Waals surface area contributed by atoms with Gasteiger partial charge in [0.25, 0.3) is 0 Å². The number of ether oxygens (including phenoxy) is 1. The van der Waals surface area contributed by atoms with Crippen molar-refractivity contribution in [3.63, 3.8) is 0 Å². The zero-order chi connectivity index (χ0) is 13.9. The Morgan fingerprint density at radius 1 is 1.39 bits per heavy atom. The molecule has 0 aliphatic carbocycles. The first-order valence-corrected chi connectivity index (χ1v) is 6.07. The molecule has 0 amide bonds. The molecule has 0 saturated heterocycles. The molecule has 0 radical (unpaired) electrons. The van der Waals surface area contributed by atoms with E-state index in [-0.39, 0.29) is 23.7 Å². The summed E-state index contributed by atoms with van der Waals surface area (Å²) in [6.07, 6.45) is -4.64. The highest BCUT2D eigenvalue weighted by Gasteiger charge is 2.33. The quantitative estimate of drug-likeness (QED) is 0.758. The standard InChI is InChI=1S/C12H12BrF3O2/c1-7(2)5-10(17)9-4-3-8(13)6-11(9)18-12(14,15)16/h3-4,6-7H,5H2,1-2H3. The predicted molar refractivity (Wildman–Crippen MR) is 64.6 cm³/mol. The highest BCUT2D eigenvalue weighted by molar-refractivity contribution is 9.10. The van der Waals surface area contributed by atoms with E-state index in [1.807, 2.05) is 13.8 Å². The van der Waals surface area contributed by atoms with Gasteiger partial charge in [-0.2, -0.15) is 0 Å². The van der Waals surface area contributed by atoms with Crippen molar-refractivity contribution in [3.8, 4) is 5.75 Å². The second-order valence-corrected chi connectivity index (χ2v) is 5.13. The molecule has 100 valence electrons. The van der Waals surface area contributed by atoms with E-state index in [0.717, 1.165) is 6.07 Å². The number of halogens is 4. The first-order chi connectivity index (χ1) is 8.19. The van der Waals surface area contributed by atoms with Crippen molar-refractivity contribution in [3.05, 3.63) is 28.2 Å². The van der Waals surface area contributed by atoms with E-state index < -0.39 is 12.1 Å². The van der Waals surface area contributed by atoms with E-state index in [4.69, 9.17) is 0 Å². The number of hydrogen-bond donors (Lipinski definition) is 0. The highest BCUT2D eigenvalue weighted by Crippen LogP contribution is 2.30. The summed E-state index contributed by atoms with van der Waals surface area (Å²) in [6, 6.07) is 3.98. The van der Waals surface area contributed by atoms with Gasteiger partial charge in [0, 0.05) is 10.9 Å². The first-order valence-electron chi connectivity index (χ1n) is 5.27. The maximum atomic E-state index is 12.2. The number of alkyl halides is 3. The summed E-state index contributed by atoms with van der Waals surface area (Å²) >= 11 is 3.05. The molecule has 0 saturated carbocycles. The highest BCUT2D eigenvalue weighted by atomic mass is 79.9. The molecule has 0 N–H and O–H groups in total. The minimum Gasteiger partial charge on any atom is -0.405 e. The molecule has 1 rings (SSSR count). The van der Waals surface area contributed by atoms with Crippen LogP contribution in [-0.4, -0.2) is 12.1 Å². The van der Waals surface area contributed by atoms with E-state index >= 15 is 0 Å². The van der Waals surface area contributed by atoms with Gasteiger partial charge in [-0.1, -0.05) is 29.8 Å². The van der Waals surface area contributed by atoms with Gasteiger partial charge in [0.05, 0.1) is 5.56 Å². The third-order valence-electron chi connectivity index (χ3n) is 2.06. The molecule has 1 aromatic carbocycles. The van der Waals surface area contributed by atoms with E-state index in [2.05, 4.69) is 20.7 Å². The Labute approximate surface area is 111 Å². The second kappa shape index (κ2) is 5.73. The van der Waals surface area contributed by atoms with Gasteiger partial charge in [0.15, 0.2) is 5.78 Å². The van der Waals surface area contributed by atoms with Gasteiger partial charge < -0.3 is 4.74 Å². The summed E-state index contributed by atoms with van der Waals surface area (Å²) in [6.45, 7) is 3.64. The summed E-state index contributed by atoms with van der Waals surface area (Å²) in [7, 11) is 0. The second-order valence-electron chi connectivity index (χ2n) is 4.21. The molecular formula is C12H12BrF3O2. The lowest BCUT2D eigenvalue weighted by Crippen LogP contribution is -2.19. The van der Waals surface area contributed by atoms with Crippen LogP contribution in [0.2, 0.25) is 0 Å². The van der Waals surface area contributed by atoms with Crippen LogP contribution in [0.5, 0.6) is 5.75 Å². The molecule has 1 aromatic rings. The van der Waals surface area contributed by atoms with Crippen molar-refractivity contribution in [2.24, 2.45) is 5.92 Å². The van der Waals surface area contributed by atoms with E-state index in [1.165, 1.54) is 12.1 Å². The molecule has 0 spiro atoms. The average Bonchev–Trinajstić information content (AvgIpc) is 2.13. The Hall–Kier alpha value is -1.04. The minimum atomic E-state index is -4.81. The van der Waals surface area contributed by atoms with Crippen molar-refractivity contribution in [1.29, 1.82) is 0 Å². The van der Waals surface area contributed by atoms with Crippen LogP contribution in [0.15, 0.2) is 22.7 Å². The summed E-state index contributed by atoms with van der Waals surface area (Å²) in [5, 5.41) is 0. The first kappa shape index (κ1) is 15.0. The topological polar surface area (TPSA) is 26.3 Å². The lowest BCUT2D eigenvalue weighted by Gasteiger charge is -2.13. The van der Waals surface area contributed by atoms with Crippen LogP contribution < -0.4 is 4.74 Å². The van der Waals surface area contributed by atoms with Gasteiger partial charge in [0.1, 0.15) is 5.75 Å². The van der Waals surface area contributed by atoms with Gasteiger partial charge in [0.2, 0.25) is 0 Å². The molecule has 6 heteroatoms. The number of ketones is 1. The van der Waals surface area contributed by atoms with E-state index in [1.54, 1.807) is 0 Å². The number of hydrogen-bond acceptors (Lipinski definition) is 2. The Morgan fingerprint density at radius 3 is 2.50 bits per heavy atom. The number of carbonyl (C=O) groups excluding carboxylic acids is 1. The maximum absolute atomic E-state index is 12.2.